The summed E-state index contributed by atoms with van der Waals surface area (Å²) in [6, 6.07) is 10.1. The number of anilines is 1. The predicted molar refractivity (Wildman–Crippen MR) is 73.2 cm³/mol. The van der Waals surface area contributed by atoms with E-state index in [-0.39, 0.29) is 11.3 Å². The number of benzene rings is 2. The minimum Gasteiger partial charge on any atom is -0.384 e. The summed E-state index contributed by atoms with van der Waals surface area (Å²) in [7, 11) is 0. The van der Waals surface area contributed by atoms with Crippen LogP contribution in [0.4, 0.5) is 10.1 Å². The Kier molecular flexibility index (Phi) is 2.82. The molecule has 1 heterocycles. The third-order valence-corrected chi connectivity index (χ3v) is 3.45. The summed E-state index contributed by atoms with van der Waals surface area (Å²) in [6.45, 7) is 2.74. The molecule has 0 amide bonds. The van der Waals surface area contributed by atoms with E-state index in [1.54, 1.807) is 18.2 Å². The highest BCUT2D eigenvalue weighted by molar-refractivity contribution is 6.09. The molecular formula is C16H14FNO. The van der Waals surface area contributed by atoms with Gasteiger partial charge in [0.2, 0.25) is 0 Å². The molecule has 2 aromatic rings. The smallest absolute Gasteiger partial charge is 0.196 e. The number of carbonyl (C=O) groups is 1. The summed E-state index contributed by atoms with van der Waals surface area (Å²) in [6.07, 6.45) is 0.975. The van der Waals surface area contributed by atoms with Crippen LogP contribution in [0.3, 0.4) is 0 Å². The maximum atomic E-state index is 13.7. The van der Waals surface area contributed by atoms with Gasteiger partial charge in [0.15, 0.2) is 5.78 Å². The van der Waals surface area contributed by atoms with Gasteiger partial charge in [-0.1, -0.05) is 23.8 Å². The molecule has 0 saturated carbocycles. The zero-order chi connectivity index (χ0) is 13.4. The highest BCUT2D eigenvalue weighted by atomic mass is 19.1. The van der Waals surface area contributed by atoms with Crippen molar-refractivity contribution in [2.45, 2.75) is 13.3 Å². The maximum Gasteiger partial charge on any atom is 0.196 e. The van der Waals surface area contributed by atoms with Gasteiger partial charge in [0.1, 0.15) is 5.82 Å². The highest BCUT2D eigenvalue weighted by Gasteiger charge is 2.17. The van der Waals surface area contributed by atoms with E-state index in [4.69, 9.17) is 0 Å². The molecule has 3 rings (SSSR count). The number of hydrogen-bond donors (Lipinski definition) is 1. The molecule has 0 fully saturated rings. The lowest BCUT2D eigenvalue weighted by Gasteiger charge is -2.06. The molecule has 1 N–H and O–H groups in total. The normalized spacial score (nSPS) is 12.9. The second kappa shape index (κ2) is 4.50. The topological polar surface area (TPSA) is 29.1 Å². The Balaban J connectivity index is 2.02. The van der Waals surface area contributed by atoms with Crippen LogP contribution < -0.4 is 5.32 Å². The predicted octanol–water partition coefficient (Wildman–Crippen LogP) is 3.33. The van der Waals surface area contributed by atoms with Crippen LogP contribution in [0.1, 0.15) is 27.0 Å². The van der Waals surface area contributed by atoms with Crippen molar-refractivity contribution in [2.24, 2.45) is 0 Å². The first-order valence-electron chi connectivity index (χ1n) is 6.33. The molecule has 2 aromatic carbocycles. The second-order valence-electron chi connectivity index (χ2n) is 4.86. The summed E-state index contributed by atoms with van der Waals surface area (Å²) in [5.41, 5.74) is 3.74. The quantitative estimate of drug-likeness (QED) is 0.834. The van der Waals surface area contributed by atoms with E-state index in [9.17, 15) is 9.18 Å². The SMILES string of the molecule is Cc1ccc(F)c(C(=O)c2ccc3c(c2)NCC3)c1. The van der Waals surface area contributed by atoms with Crippen molar-refractivity contribution in [1.82, 2.24) is 0 Å². The lowest BCUT2D eigenvalue weighted by Crippen LogP contribution is -2.05. The van der Waals surface area contributed by atoms with E-state index in [2.05, 4.69) is 5.32 Å². The monoisotopic (exact) mass is 255 g/mol. The van der Waals surface area contributed by atoms with Crippen molar-refractivity contribution in [2.75, 3.05) is 11.9 Å². The number of rotatable bonds is 2. The molecule has 0 bridgehead atoms. The number of ketones is 1. The number of aryl methyl sites for hydroxylation is 1. The zero-order valence-electron chi connectivity index (χ0n) is 10.7. The van der Waals surface area contributed by atoms with E-state index in [0.717, 1.165) is 24.2 Å². The Morgan fingerprint density at radius 2 is 2.05 bits per heavy atom. The van der Waals surface area contributed by atoms with E-state index in [0.29, 0.717) is 5.56 Å². The van der Waals surface area contributed by atoms with Gasteiger partial charge < -0.3 is 5.32 Å². The van der Waals surface area contributed by atoms with Crippen molar-refractivity contribution < 1.29 is 9.18 Å². The fourth-order valence-electron chi connectivity index (χ4n) is 2.40. The molecule has 0 atom stereocenters. The van der Waals surface area contributed by atoms with Gasteiger partial charge >= 0.3 is 0 Å². The van der Waals surface area contributed by atoms with E-state index in [1.807, 2.05) is 19.1 Å². The molecule has 0 radical (unpaired) electrons. The minimum absolute atomic E-state index is 0.137. The average Bonchev–Trinajstić information content (AvgIpc) is 2.88. The summed E-state index contributed by atoms with van der Waals surface area (Å²) in [5.74, 6) is -0.734. The van der Waals surface area contributed by atoms with Crippen molar-refractivity contribution in [3.8, 4) is 0 Å². The number of halogens is 1. The van der Waals surface area contributed by atoms with E-state index >= 15 is 0 Å². The molecule has 0 aromatic heterocycles. The van der Waals surface area contributed by atoms with Crippen LogP contribution in [-0.4, -0.2) is 12.3 Å². The Bertz CT molecular complexity index is 664. The average molecular weight is 255 g/mol. The van der Waals surface area contributed by atoms with Gasteiger partial charge in [0.05, 0.1) is 5.56 Å². The summed E-state index contributed by atoms with van der Waals surface area (Å²) in [5, 5.41) is 3.23. The lowest BCUT2D eigenvalue weighted by molar-refractivity contribution is 0.103. The van der Waals surface area contributed by atoms with Crippen LogP contribution in [-0.2, 0) is 6.42 Å². The second-order valence-corrected chi connectivity index (χ2v) is 4.86. The van der Waals surface area contributed by atoms with Gasteiger partial charge in [-0.25, -0.2) is 4.39 Å². The van der Waals surface area contributed by atoms with Crippen LogP contribution in [0.15, 0.2) is 36.4 Å². The molecule has 96 valence electrons. The number of hydrogen-bond acceptors (Lipinski definition) is 2. The highest BCUT2D eigenvalue weighted by Crippen LogP contribution is 2.25. The Labute approximate surface area is 111 Å². The molecule has 1 aliphatic heterocycles. The molecule has 19 heavy (non-hydrogen) atoms. The standard InChI is InChI=1S/C16H14FNO/c1-10-2-5-14(17)13(8-10)16(19)12-4-3-11-6-7-18-15(11)9-12/h2-5,8-9,18H,6-7H2,1H3. The van der Waals surface area contributed by atoms with Crippen molar-refractivity contribution in [1.29, 1.82) is 0 Å². The van der Waals surface area contributed by atoms with Crippen molar-refractivity contribution in [3.63, 3.8) is 0 Å². The van der Waals surface area contributed by atoms with Crippen LogP contribution in [0.25, 0.3) is 0 Å². The summed E-state index contributed by atoms with van der Waals surface area (Å²) in [4.78, 5) is 12.4. The third-order valence-electron chi connectivity index (χ3n) is 3.45. The molecular weight excluding hydrogens is 241 g/mol. The van der Waals surface area contributed by atoms with E-state index < -0.39 is 5.82 Å². The van der Waals surface area contributed by atoms with Gasteiger partial charge in [-0.15, -0.1) is 0 Å². The fraction of sp³-hybridized carbons (Fsp3) is 0.188. The Morgan fingerprint density at radius 3 is 2.89 bits per heavy atom. The molecule has 0 spiro atoms. The maximum absolute atomic E-state index is 13.7. The van der Waals surface area contributed by atoms with Gasteiger partial charge in [0.25, 0.3) is 0 Å². The molecule has 2 nitrogen and oxygen atoms in total. The van der Waals surface area contributed by atoms with Crippen LogP contribution in [0.2, 0.25) is 0 Å². The molecule has 1 aliphatic rings. The summed E-state index contributed by atoms with van der Waals surface area (Å²) < 4.78 is 13.7. The Hall–Kier alpha value is -2.16. The first-order valence-corrected chi connectivity index (χ1v) is 6.33. The molecule has 0 aliphatic carbocycles. The molecule has 0 unspecified atom stereocenters. The Morgan fingerprint density at radius 1 is 1.21 bits per heavy atom. The van der Waals surface area contributed by atoms with Crippen LogP contribution in [0.5, 0.6) is 0 Å². The fourth-order valence-corrected chi connectivity index (χ4v) is 2.40. The van der Waals surface area contributed by atoms with E-state index in [1.165, 1.54) is 11.6 Å². The van der Waals surface area contributed by atoms with Gasteiger partial charge in [-0.3, -0.25) is 4.79 Å². The molecule has 0 saturated heterocycles. The van der Waals surface area contributed by atoms with Crippen molar-refractivity contribution in [3.05, 3.63) is 64.5 Å². The lowest BCUT2D eigenvalue weighted by atomic mass is 9.99. The number of nitrogens with one attached hydrogen (secondary N) is 1. The third kappa shape index (κ3) is 2.12. The van der Waals surface area contributed by atoms with Gasteiger partial charge in [-0.05, 0) is 37.1 Å². The zero-order valence-corrected chi connectivity index (χ0v) is 10.7. The first-order chi connectivity index (χ1) is 9.15. The molecule has 3 heteroatoms. The van der Waals surface area contributed by atoms with Gasteiger partial charge in [0, 0.05) is 17.8 Å². The number of carbonyl (C=O) groups excluding carboxylic acids is 1. The minimum atomic E-state index is -0.468. The first kappa shape index (κ1) is 11.9. The largest absolute Gasteiger partial charge is 0.384 e. The van der Waals surface area contributed by atoms with Crippen molar-refractivity contribution >= 4 is 11.5 Å². The number of fused-ring (bicyclic) bond motifs is 1. The summed E-state index contributed by atoms with van der Waals surface area (Å²) >= 11 is 0. The van der Waals surface area contributed by atoms with Crippen LogP contribution in [0, 0.1) is 12.7 Å². The van der Waals surface area contributed by atoms with Gasteiger partial charge in [-0.2, -0.15) is 0 Å². The van der Waals surface area contributed by atoms with Crippen LogP contribution >= 0.6 is 0 Å².